The smallest absolute Gasteiger partial charge is 0.221 e. The zero-order valence-corrected chi connectivity index (χ0v) is 14.9. The molecular formula is C21H19ClN2O2. The van der Waals surface area contributed by atoms with E-state index >= 15 is 0 Å². The number of amides is 1. The van der Waals surface area contributed by atoms with Gasteiger partial charge in [0.2, 0.25) is 5.91 Å². The second kappa shape index (κ2) is 8.50. The molecule has 0 bridgehead atoms. The summed E-state index contributed by atoms with van der Waals surface area (Å²) in [4.78, 5) is 16.6. The lowest BCUT2D eigenvalue weighted by Crippen LogP contribution is -2.25. The van der Waals surface area contributed by atoms with E-state index in [9.17, 15) is 9.90 Å². The number of nitrogens with zero attached hydrogens (tertiary/aromatic N) is 1. The summed E-state index contributed by atoms with van der Waals surface area (Å²) >= 11 is 6.11. The van der Waals surface area contributed by atoms with E-state index in [1.54, 1.807) is 30.6 Å². The van der Waals surface area contributed by atoms with Crippen molar-refractivity contribution >= 4 is 17.5 Å². The van der Waals surface area contributed by atoms with Crippen molar-refractivity contribution in [2.24, 2.45) is 0 Å². The Balaban J connectivity index is 1.80. The van der Waals surface area contributed by atoms with Crippen LogP contribution >= 0.6 is 11.6 Å². The van der Waals surface area contributed by atoms with Crippen LogP contribution in [0, 0.1) is 0 Å². The molecule has 5 heteroatoms. The van der Waals surface area contributed by atoms with E-state index in [0.29, 0.717) is 17.1 Å². The van der Waals surface area contributed by atoms with Gasteiger partial charge in [0.15, 0.2) is 0 Å². The highest BCUT2D eigenvalue weighted by Gasteiger charge is 2.21. The van der Waals surface area contributed by atoms with Crippen molar-refractivity contribution in [3.8, 4) is 5.75 Å². The SMILES string of the molecule is O=C(C[C@H](c1ccccc1)c1cc(Cl)ccc1O)NCc1cccnc1. The second-order valence-electron chi connectivity index (χ2n) is 6.01. The number of carbonyl (C=O) groups excluding carboxylic acids is 1. The predicted octanol–water partition coefficient (Wildman–Crippen LogP) is 4.28. The van der Waals surface area contributed by atoms with Gasteiger partial charge >= 0.3 is 0 Å². The van der Waals surface area contributed by atoms with Gasteiger partial charge in [0.25, 0.3) is 0 Å². The van der Waals surface area contributed by atoms with E-state index in [1.165, 1.54) is 0 Å². The van der Waals surface area contributed by atoms with Crippen LogP contribution in [-0.2, 0) is 11.3 Å². The molecule has 4 nitrogen and oxygen atoms in total. The van der Waals surface area contributed by atoms with E-state index in [1.807, 2.05) is 42.5 Å². The summed E-state index contributed by atoms with van der Waals surface area (Å²) in [5, 5.41) is 13.7. The third kappa shape index (κ3) is 4.61. The summed E-state index contributed by atoms with van der Waals surface area (Å²) in [5.74, 6) is -0.269. The molecule has 0 aliphatic heterocycles. The van der Waals surface area contributed by atoms with Crippen LogP contribution in [-0.4, -0.2) is 16.0 Å². The van der Waals surface area contributed by atoms with Crippen LogP contribution in [0.1, 0.15) is 29.0 Å². The molecule has 3 aromatic rings. The Morgan fingerprint density at radius 3 is 2.65 bits per heavy atom. The third-order valence-electron chi connectivity index (χ3n) is 4.17. The Hall–Kier alpha value is -2.85. The van der Waals surface area contributed by atoms with Gasteiger partial charge in [0.1, 0.15) is 5.75 Å². The molecule has 2 N–H and O–H groups in total. The van der Waals surface area contributed by atoms with Crippen molar-refractivity contribution in [3.05, 3.63) is 94.8 Å². The number of nitrogens with one attached hydrogen (secondary N) is 1. The molecule has 1 heterocycles. The molecule has 1 atom stereocenters. The Labute approximate surface area is 157 Å². The minimum Gasteiger partial charge on any atom is -0.508 e. The fourth-order valence-corrected chi connectivity index (χ4v) is 3.04. The molecule has 0 fully saturated rings. The fraction of sp³-hybridized carbons (Fsp3) is 0.143. The van der Waals surface area contributed by atoms with E-state index in [2.05, 4.69) is 10.3 Å². The van der Waals surface area contributed by atoms with Crippen molar-refractivity contribution < 1.29 is 9.90 Å². The first-order valence-corrected chi connectivity index (χ1v) is 8.70. The third-order valence-corrected chi connectivity index (χ3v) is 4.40. The highest BCUT2D eigenvalue weighted by atomic mass is 35.5. The zero-order chi connectivity index (χ0) is 18.4. The molecule has 132 valence electrons. The lowest BCUT2D eigenvalue weighted by Gasteiger charge is -2.19. The van der Waals surface area contributed by atoms with Crippen molar-refractivity contribution in [2.75, 3.05) is 0 Å². The molecule has 26 heavy (non-hydrogen) atoms. The minimum atomic E-state index is -0.288. The second-order valence-corrected chi connectivity index (χ2v) is 6.44. The number of aromatic nitrogens is 1. The summed E-state index contributed by atoms with van der Waals surface area (Å²) in [7, 11) is 0. The molecule has 0 spiro atoms. The van der Waals surface area contributed by atoms with Crippen LogP contribution < -0.4 is 5.32 Å². The average molecular weight is 367 g/mol. The Morgan fingerprint density at radius 1 is 1.12 bits per heavy atom. The topological polar surface area (TPSA) is 62.2 Å². The number of rotatable bonds is 6. The normalized spacial score (nSPS) is 11.7. The number of phenols is 1. The van der Waals surface area contributed by atoms with Gasteiger partial charge in [-0.15, -0.1) is 0 Å². The average Bonchev–Trinajstić information content (AvgIpc) is 2.68. The minimum absolute atomic E-state index is 0.109. The number of phenolic OH excluding ortho intramolecular Hbond substituents is 1. The maximum Gasteiger partial charge on any atom is 0.221 e. The molecule has 0 unspecified atom stereocenters. The number of pyridine rings is 1. The maximum absolute atomic E-state index is 12.5. The summed E-state index contributed by atoms with van der Waals surface area (Å²) in [6.45, 7) is 0.412. The van der Waals surface area contributed by atoms with Crippen molar-refractivity contribution in [1.82, 2.24) is 10.3 Å². The first-order valence-electron chi connectivity index (χ1n) is 8.32. The van der Waals surface area contributed by atoms with Gasteiger partial charge in [0, 0.05) is 41.9 Å². The first-order chi connectivity index (χ1) is 12.6. The molecule has 0 saturated heterocycles. The molecular weight excluding hydrogens is 348 g/mol. The number of hydrogen-bond donors (Lipinski definition) is 2. The molecule has 1 amide bonds. The van der Waals surface area contributed by atoms with Gasteiger partial charge in [-0.1, -0.05) is 48.0 Å². The monoisotopic (exact) mass is 366 g/mol. The molecule has 3 rings (SSSR count). The van der Waals surface area contributed by atoms with Crippen LogP contribution in [0.25, 0.3) is 0 Å². The van der Waals surface area contributed by atoms with E-state index in [-0.39, 0.29) is 24.0 Å². The lowest BCUT2D eigenvalue weighted by molar-refractivity contribution is -0.121. The Morgan fingerprint density at radius 2 is 1.92 bits per heavy atom. The van der Waals surface area contributed by atoms with Crippen molar-refractivity contribution in [2.45, 2.75) is 18.9 Å². The number of benzene rings is 2. The summed E-state index contributed by atoms with van der Waals surface area (Å²) in [6.07, 6.45) is 3.62. The highest BCUT2D eigenvalue weighted by Crippen LogP contribution is 2.35. The van der Waals surface area contributed by atoms with Gasteiger partial charge in [-0.05, 0) is 35.4 Å². The standard InChI is InChI=1S/C21H19ClN2O2/c22-17-8-9-20(25)19(11-17)18(16-6-2-1-3-7-16)12-21(26)24-14-15-5-4-10-23-13-15/h1-11,13,18,25H,12,14H2,(H,24,26)/t18-/m1/s1. The van der Waals surface area contributed by atoms with E-state index in [0.717, 1.165) is 11.1 Å². The number of aromatic hydroxyl groups is 1. The Bertz CT molecular complexity index is 870. The van der Waals surface area contributed by atoms with Crippen LogP contribution in [0.5, 0.6) is 5.75 Å². The molecule has 0 aliphatic rings. The highest BCUT2D eigenvalue weighted by molar-refractivity contribution is 6.30. The van der Waals surface area contributed by atoms with Gasteiger partial charge in [-0.2, -0.15) is 0 Å². The van der Waals surface area contributed by atoms with Crippen LogP contribution in [0.4, 0.5) is 0 Å². The Kier molecular flexibility index (Phi) is 5.87. The first kappa shape index (κ1) is 18.0. The van der Waals surface area contributed by atoms with Gasteiger partial charge in [0.05, 0.1) is 0 Å². The number of halogens is 1. The van der Waals surface area contributed by atoms with Crippen molar-refractivity contribution in [3.63, 3.8) is 0 Å². The molecule has 0 radical (unpaired) electrons. The number of carbonyl (C=O) groups is 1. The zero-order valence-electron chi connectivity index (χ0n) is 14.1. The van der Waals surface area contributed by atoms with Gasteiger partial charge in [-0.25, -0.2) is 0 Å². The largest absolute Gasteiger partial charge is 0.508 e. The van der Waals surface area contributed by atoms with E-state index in [4.69, 9.17) is 11.6 Å². The van der Waals surface area contributed by atoms with Crippen LogP contribution in [0.3, 0.4) is 0 Å². The lowest BCUT2D eigenvalue weighted by atomic mass is 9.87. The van der Waals surface area contributed by atoms with Crippen LogP contribution in [0.2, 0.25) is 5.02 Å². The molecule has 2 aromatic carbocycles. The summed E-state index contributed by atoms with van der Waals surface area (Å²) < 4.78 is 0. The predicted molar refractivity (Wildman–Crippen MR) is 102 cm³/mol. The quantitative estimate of drug-likeness (QED) is 0.684. The van der Waals surface area contributed by atoms with Gasteiger partial charge in [-0.3, -0.25) is 9.78 Å². The van der Waals surface area contributed by atoms with Crippen LogP contribution in [0.15, 0.2) is 73.1 Å². The molecule has 1 aromatic heterocycles. The number of hydrogen-bond acceptors (Lipinski definition) is 3. The fourth-order valence-electron chi connectivity index (χ4n) is 2.86. The molecule has 0 saturated carbocycles. The van der Waals surface area contributed by atoms with Gasteiger partial charge < -0.3 is 10.4 Å². The van der Waals surface area contributed by atoms with Crippen molar-refractivity contribution in [1.29, 1.82) is 0 Å². The summed E-state index contributed by atoms with van der Waals surface area (Å²) in [6, 6.07) is 18.3. The maximum atomic E-state index is 12.5. The molecule has 0 aliphatic carbocycles. The van der Waals surface area contributed by atoms with E-state index < -0.39 is 0 Å². The summed E-state index contributed by atoms with van der Waals surface area (Å²) in [5.41, 5.74) is 2.52.